The van der Waals surface area contributed by atoms with E-state index in [4.69, 9.17) is 4.74 Å². The zero-order chi connectivity index (χ0) is 24.4. The van der Waals surface area contributed by atoms with Crippen molar-refractivity contribution in [1.29, 1.82) is 0 Å². The van der Waals surface area contributed by atoms with Crippen molar-refractivity contribution in [3.8, 4) is 0 Å². The fraction of sp³-hybridized carbons (Fsp3) is 0.214. The average Bonchev–Trinajstić information content (AvgIpc) is 3.27. The summed E-state index contributed by atoms with van der Waals surface area (Å²) in [5.41, 5.74) is 0.943. The highest BCUT2D eigenvalue weighted by atomic mass is 127. The molecule has 1 saturated heterocycles. The Morgan fingerprint density at radius 3 is 1.80 bits per heavy atom. The first-order chi connectivity index (χ1) is 17.0. The fourth-order valence-corrected chi connectivity index (χ4v) is 6.11. The van der Waals surface area contributed by atoms with Crippen molar-refractivity contribution in [2.75, 3.05) is 0 Å². The van der Waals surface area contributed by atoms with Crippen LogP contribution in [0.2, 0.25) is 0 Å². The molecule has 35 heavy (non-hydrogen) atoms. The van der Waals surface area contributed by atoms with Gasteiger partial charge in [0.25, 0.3) is 5.56 Å². The summed E-state index contributed by atoms with van der Waals surface area (Å²) in [5.74, 6) is 0. The predicted octanol–water partition coefficient (Wildman–Crippen LogP) is 4.02. The van der Waals surface area contributed by atoms with Gasteiger partial charge in [-0.2, -0.15) is 0 Å². The lowest BCUT2D eigenvalue weighted by molar-refractivity contribution is -0.0737. The van der Waals surface area contributed by atoms with Gasteiger partial charge in [-0.15, -0.1) is 0 Å². The second-order valence-corrected chi connectivity index (χ2v) is 10.3. The molecule has 0 radical (unpaired) electrons. The molecule has 178 valence electrons. The maximum Gasteiger partial charge on any atom is 0.330 e. The molecule has 1 aliphatic rings. The second kappa shape index (κ2) is 9.93. The highest BCUT2D eigenvalue weighted by molar-refractivity contribution is 14.1. The Morgan fingerprint density at radius 2 is 1.34 bits per heavy atom. The summed E-state index contributed by atoms with van der Waals surface area (Å²) in [6.45, 7) is 0. The van der Waals surface area contributed by atoms with Crippen molar-refractivity contribution in [1.82, 2.24) is 9.55 Å². The molecule has 1 aromatic heterocycles. The van der Waals surface area contributed by atoms with Gasteiger partial charge in [0.15, 0.2) is 0 Å². The molecule has 3 aromatic carbocycles. The standard InChI is InChI=1S/C28H25IN2O4/c29-22-18-24(31-17-16-23(32)30-27(31)34)35-25(22)26(33)28(19-10-4-1-5-11-19,20-12-6-2-7-13-20)21-14-8-3-9-15-21/h1-17,22,24-26,33H,18H2,(H,30,32,34)/t22-,24+,25-,26?/m0/s1. The van der Waals surface area contributed by atoms with Gasteiger partial charge in [0.1, 0.15) is 6.23 Å². The van der Waals surface area contributed by atoms with Crippen LogP contribution < -0.4 is 11.2 Å². The number of halogens is 1. The average molecular weight is 580 g/mol. The molecule has 4 aromatic rings. The molecule has 0 bridgehead atoms. The van der Waals surface area contributed by atoms with Crippen LogP contribution in [0.1, 0.15) is 29.3 Å². The third-order valence-electron chi connectivity index (χ3n) is 6.70. The molecule has 5 rings (SSSR count). The van der Waals surface area contributed by atoms with Crippen molar-refractivity contribution in [2.24, 2.45) is 0 Å². The Balaban J connectivity index is 1.66. The summed E-state index contributed by atoms with van der Waals surface area (Å²) in [7, 11) is 0. The van der Waals surface area contributed by atoms with E-state index in [1.54, 1.807) is 0 Å². The van der Waals surface area contributed by atoms with Gasteiger partial charge in [0, 0.05) is 22.6 Å². The fourth-order valence-electron chi connectivity index (χ4n) is 5.12. The summed E-state index contributed by atoms with van der Waals surface area (Å²) in [6, 6.07) is 31.2. The number of aliphatic hydroxyl groups excluding tert-OH is 1. The van der Waals surface area contributed by atoms with Crippen molar-refractivity contribution in [3.63, 3.8) is 0 Å². The molecule has 4 atom stereocenters. The van der Waals surface area contributed by atoms with E-state index in [0.29, 0.717) is 6.42 Å². The third-order valence-corrected chi connectivity index (χ3v) is 7.92. The number of aromatic nitrogens is 2. The molecule has 1 aliphatic heterocycles. The molecule has 0 aliphatic carbocycles. The first kappa shape index (κ1) is 23.7. The Hall–Kier alpha value is -3.01. The van der Waals surface area contributed by atoms with Crippen LogP contribution in [-0.4, -0.2) is 30.8 Å². The Morgan fingerprint density at radius 1 is 0.857 bits per heavy atom. The van der Waals surface area contributed by atoms with Crippen molar-refractivity contribution < 1.29 is 9.84 Å². The summed E-state index contributed by atoms with van der Waals surface area (Å²) in [4.78, 5) is 26.3. The first-order valence-electron chi connectivity index (χ1n) is 11.5. The quantitative estimate of drug-likeness (QED) is 0.205. The minimum atomic E-state index is -0.972. The Labute approximate surface area is 216 Å². The largest absolute Gasteiger partial charge is 0.389 e. The lowest BCUT2D eigenvalue weighted by Crippen LogP contribution is -2.50. The number of aliphatic hydroxyl groups is 1. The summed E-state index contributed by atoms with van der Waals surface area (Å²) in [5, 5.41) is 12.3. The minimum absolute atomic E-state index is 0.0815. The monoisotopic (exact) mass is 580 g/mol. The van der Waals surface area contributed by atoms with Gasteiger partial charge in [0.05, 0.1) is 17.6 Å². The molecule has 2 heterocycles. The number of nitrogens with one attached hydrogen (secondary N) is 1. The lowest BCUT2D eigenvalue weighted by Gasteiger charge is -2.42. The highest BCUT2D eigenvalue weighted by Crippen LogP contribution is 2.47. The maximum atomic E-state index is 12.4. The van der Waals surface area contributed by atoms with Crippen LogP contribution in [0.15, 0.2) is 113 Å². The van der Waals surface area contributed by atoms with Gasteiger partial charge < -0.3 is 9.84 Å². The molecule has 1 unspecified atom stereocenters. The van der Waals surface area contributed by atoms with E-state index in [1.807, 2.05) is 91.0 Å². The molecule has 6 nitrogen and oxygen atoms in total. The van der Waals surface area contributed by atoms with E-state index in [2.05, 4.69) is 27.6 Å². The van der Waals surface area contributed by atoms with E-state index < -0.39 is 35.1 Å². The lowest BCUT2D eigenvalue weighted by atomic mass is 9.64. The van der Waals surface area contributed by atoms with Gasteiger partial charge in [-0.1, -0.05) is 114 Å². The number of H-pyrrole nitrogens is 1. The topological polar surface area (TPSA) is 84.3 Å². The van der Waals surface area contributed by atoms with Crippen LogP contribution in [0.5, 0.6) is 0 Å². The van der Waals surface area contributed by atoms with Gasteiger partial charge in [-0.25, -0.2) is 4.79 Å². The molecular formula is C28H25IN2O4. The molecule has 2 N–H and O–H groups in total. The molecule has 1 fully saturated rings. The van der Waals surface area contributed by atoms with Gasteiger partial charge >= 0.3 is 5.69 Å². The summed E-state index contributed by atoms with van der Waals surface area (Å²) >= 11 is 2.30. The maximum absolute atomic E-state index is 12.4. The third kappa shape index (κ3) is 4.28. The number of hydrogen-bond donors (Lipinski definition) is 2. The van der Waals surface area contributed by atoms with E-state index in [9.17, 15) is 14.7 Å². The molecular weight excluding hydrogens is 555 g/mol. The van der Waals surface area contributed by atoms with Crippen LogP contribution in [-0.2, 0) is 10.2 Å². The molecule has 0 saturated carbocycles. The SMILES string of the molecule is O=c1ccn([C@H]2C[C@H](I)[C@@H](C(O)C(c3ccccc3)(c3ccccc3)c3ccccc3)O2)c(=O)[nH]1. The summed E-state index contributed by atoms with van der Waals surface area (Å²) < 4.78 is 7.70. The minimum Gasteiger partial charge on any atom is -0.389 e. The predicted molar refractivity (Wildman–Crippen MR) is 143 cm³/mol. The van der Waals surface area contributed by atoms with Crippen molar-refractivity contribution in [3.05, 3.63) is 141 Å². The number of benzene rings is 3. The van der Waals surface area contributed by atoms with E-state index in [0.717, 1.165) is 16.7 Å². The number of hydrogen-bond acceptors (Lipinski definition) is 4. The van der Waals surface area contributed by atoms with Crippen LogP contribution in [0, 0.1) is 0 Å². The van der Waals surface area contributed by atoms with E-state index >= 15 is 0 Å². The van der Waals surface area contributed by atoms with E-state index in [-0.39, 0.29) is 3.92 Å². The zero-order valence-electron chi connectivity index (χ0n) is 18.8. The van der Waals surface area contributed by atoms with Gasteiger partial charge in [0.2, 0.25) is 0 Å². The first-order valence-corrected chi connectivity index (χ1v) is 12.7. The number of ether oxygens (including phenoxy) is 1. The second-order valence-electron chi connectivity index (χ2n) is 8.68. The Bertz CT molecular complexity index is 1290. The van der Waals surface area contributed by atoms with E-state index in [1.165, 1.54) is 16.8 Å². The number of aromatic amines is 1. The van der Waals surface area contributed by atoms with Gasteiger partial charge in [-0.3, -0.25) is 14.3 Å². The molecule has 7 heteroatoms. The van der Waals surface area contributed by atoms with Crippen LogP contribution in [0.3, 0.4) is 0 Å². The smallest absolute Gasteiger partial charge is 0.330 e. The van der Waals surface area contributed by atoms with Crippen LogP contribution >= 0.6 is 22.6 Å². The number of nitrogens with zero attached hydrogens (tertiary/aromatic N) is 1. The van der Waals surface area contributed by atoms with Crippen molar-refractivity contribution in [2.45, 2.75) is 34.2 Å². The number of alkyl halides is 1. The Kier molecular flexibility index (Phi) is 6.73. The van der Waals surface area contributed by atoms with Crippen LogP contribution in [0.4, 0.5) is 0 Å². The van der Waals surface area contributed by atoms with Crippen molar-refractivity contribution >= 4 is 22.6 Å². The normalized spacial score (nSPS) is 21.0. The molecule has 0 amide bonds. The highest BCUT2D eigenvalue weighted by Gasteiger charge is 2.51. The van der Waals surface area contributed by atoms with Gasteiger partial charge in [-0.05, 0) is 16.7 Å². The number of rotatable bonds is 6. The zero-order valence-corrected chi connectivity index (χ0v) is 21.0. The van der Waals surface area contributed by atoms with Crippen LogP contribution in [0.25, 0.3) is 0 Å². The molecule has 0 spiro atoms. The summed E-state index contributed by atoms with van der Waals surface area (Å²) in [6.07, 6.45) is -0.188.